The maximum absolute atomic E-state index is 11.8. The van der Waals surface area contributed by atoms with E-state index < -0.39 is 10.0 Å². The number of pyridine rings is 1. The van der Waals surface area contributed by atoms with Crippen molar-refractivity contribution in [3.63, 3.8) is 0 Å². The van der Waals surface area contributed by atoms with Gasteiger partial charge in [-0.3, -0.25) is 4.98 Å². The summed E-state index contributed by atoms with van der Waals surface area (Å²) in [6.07, 6.45) is 4.02. The predicted octanol–water partition coefficient (Wildman–Crippen LogP) is 1.20. The Bertz CT molecular complexity index is 486. The summed E-state index contributed by atoms with van der Waals surface area (Å²) in [6, 6.07) is 2.22. The monoisotopic (exact) mass is 285 g/mol. The lowest BCUT2D eigenvalue weighted by Crippen LogP contribution is -2.30. The van der Waals surface area contributed by atoms with Gasteiger partial charge in [-0.15, -0.1) is 0 Å². The van der Waals surface area contributed by atoms with Crippen LogP contribution < -0.4 is 10.0 Å². The smallest absolute Gasteiger partial charge is 0.211 e. The van der Waals surface area contributed by atoms with Gasteiger partial charge in [0.15, 0.2) is 0 Å². The number of rotatable bonds is 8. The van der Waals surface area contributed by atoms with Gasteiger partial charge in [0.1, 0.15) is 0 Å². The molecule has 0 aliphatic heterocycles. The molecule has 0 aliphatic carbocycles. The van der Waals surface area contributed by atoms with Gasteiger partial charge >= 0.3 is 0 Å². The summed E-state index contributed by atoms with van der Waals surface area (Å²) in [4.78, 5) is 3.98. The van der Waals surface area contributed by atoms with Crippen molar-refractivity contribution in [2.24, 2.45) is 0 Å². The Morgan fingerprint density at radius 3 is 2.74 bits per heavy atom. The lowest BCUT2D eigenvalue weighted by Gasteiger charge is -2.10. The number of hydrogen-bond donors (Lipinski definition) is 2. The van der Waals surface area contributed by atoms with Crippen LogP contribution in [0.3, 0.4) is 0 Å². The van der Waals surface area contributed by atoms with E-state index in [9.17, 15) is 8.42 Å². The van der Waals surface area contributed by atoms with E-state index in [-0.39, 0.29) is 5.75 Å². The van der Waals surface area contributed by atoms with Crippen LogP contribution in [-0.4, -0.2) is 31.7 Å². The zero-order chi connectivity index (χ0) is 14.3. The van der Waals surface area contributed by atoms with Crippen LogP contribution in [0, 0.1) is 6.92 Å². The topological polar surface area (TPSA) is 71.1 Å². The Morgan fingerprint density at radius 2 is 2.11 bits per heavy atom. The van der Waals surface area contributed by atoms with Gasteiger partial charge in [-0.25, -0.2) is 13.1 Å². The van der Waals surface area contributed by atoms with Crippen molar-refractivity contribution in [2.45, 2.75) is 39.8 Å². The summed E-state index contributed by atoms with van der Waals surface area (Å²) in [5.41, 5.74) is 1.95. The molecule has 2 N–H and O–H groups in total. The Balaban J connectivity index is 2.37. The zero-order valence-electron chi connectivity index (χ0n) is 11.8. The summed E-state index contributed by atoms with van der Waals surface area (Å²) in [5.74, 6) is 0.150. The highest BCUT2D eigenvalue weighted by Crippen LogP contribution is 2.05. The molecule has 0 atom stereocenters. The van der Waals surface area contributed by atoms with Gasteiger partial charge in [-0.05, 0) is 37.1 Å². The van der Waals surface area contributed by atoms with Crippen molar-refractivity contribution in [2.75, 3.05) is 12.3 Å². The second-order valence-corrected chi connectivity index (χ2v) is 6.83. The highest BCUT2D eigenvalue weighted by molar-refractivity contribution is 7.89. The van der Waals surface area contributed by atoms with Gasteiger partial charge in [0.05, 0.1) is 5.75 Å². The average molecular weight is 285 g/mol. The van der Waals surface area contributed by atoms with Gasteiger partial charge in [-0.2, -0.15) is 0 Å². The molecule has 0 saturated heterocycles. The van der Waals surface area contributed by atoms with E-state index >= 15 is 0 Å². The average Bonchev–Trinajstić information content (AvgIpc) is 2.34. The summed E-state index contributed by atoms with van der Waals surface area (Å²) in [7, 11) is -3.20. The number of nitrogens with one attached hydrogen (secondary N) is 2. The fourth-order valence-electron chi connectivity index (χ4n) is 1.61. The minimum atomic E-state index is -3.20. The van der Waals surface area contributed by atoms with Crippen LogP contribution >= 0.6 is 0 Å². The largest absolute Gasteiger partial charge is 0.314 e. The quantitative estimate of drug-likeness (QED) is 0.704. The molecule has 0 bridgehead atoms. The Hall–Kier alpha value is -0.980. The Morgan fingerprint density at radius 1 is 1.37 bits per heavy atom. The molecule has 0 unspecified atom stereocenters. The summed E-state index contributed by atoms with van der Waals surface area (Å²) < 4.78 is 26.2. The first-order chi connectivity index (χ1) is 8.91. The summed E-state index contributed by atoms with van der Waals surface area (Å²) >= 11 is 0. The molecule has 5 nitrogen and oxygen atoms in total. The number of sulfonamides is 1. The van der Waals surface area contributed by atoms with E-state index in [0.29, 0.717) is 25.6 Å². The lowest BCUT2D eigenvalue weighted by atomic mass is 10.2. The first kappa shape index (κ1) is 16.1. The molecule has 1 aromatic heterocycles. The van der Waals surface area contributed by atoms with Crippen LogP contribution in [0.25, 0.3) is 0 Å². The molecule has 1 heterocycles. The van der Waals surface area contributed by atoms with Crippen molar-refractivity contribution in [3.05, 3.63) is 29.6 Å². The van der Waals surface area contributed by atoms with Gasteiger partial charge < -0.3 is 5.32 Å². The summed E-state index contributed by atoms with van der Waals surface area (Å²) in [5, 5.41) is 3.20. The van der Waals surface area contributed by atoms with E-state index in [0.717, 1.165) is 11.1 Å². The molecule has 0 radical (unpaired) electrons. The van der Waals surface area contributed by atoms with Crippen molar-refractivity contribution in [1.29, 1.82) is 0 Å². The standard InChI is InChI=1S/C13H23N3O2S/c1-11(2)15-6-4-8-19(17,18)16-10-13-5-7-14-9-12(13)3/h5,7,9,11,15-16H,4,6,8,10H2,1-3H3. The third-order valence-electron chi connectivity index (χ3n) is 2.76. The molecule has 6 heteroatoms. The number of aromatic nitrogens is 1. The molecule has 1 aromatic rings. The molecule has 1 rings (SSSR count). The fraction of sp³-hybridized carbons (Fsp3) is 0.615. The van der Waals surface area contributed by atoms with Crippen LogP contribution in [0.15, 0.2) is 18.5 Å². The minimum Gasteiger partial charge on any atom is -0.314 e. The van der Waals surface area contributed by atoms with E-state index in [2.05, 4.69) is 15.0 Å². The molecule has 0 amide bonds. The van der Waals surface area contributed by atoms with Gasteiger partial charge in [0.25, 0.3) is 0 Å². The number of nitrogens with zero attached hydrogens (tertiary/aromatic N) is 1. The molecule has 0 fully saturated rings. The summed E-state index contributed by atoms with van der Waals surface area (Å²) in [6.45, 7) is 7.04. The van der Waals surface area contributed by atoms with Gasteiger partial charge in [-0.1, -0.05) is 13.8 Å². The molecule has 0 spiro atoms. The van der Waals surface area contributed by atoms with Crippen LogP contribution in [0.4, 0.5) is 0 Å². The van der Waals surface area contributed by atoms with Crippen LogP contribution in [0.5, 0.6) is 0 Å². The van der Waals surface area contributed by atoms with Crippen molar-refractivity contribution < 1.29 is 8.42 Å². The highest BCUT2D eigenvalue weighted by atomic mass is 32.2. The zero-order valence-corrected chi connectivity index (χ0v) is 12.6. The molecule has 0 aliphatic rings. The molecule has 19 heavy (non-hydrogen) atoms. The van der Waals surface area contributed by atoms with Gasteiger partial charge in [0, 0.05) is 25.0 Å². The third kappa shape index (κ3) is 6.66. The second kappa shape index (κ2) is 7.57. The molecule has 0 aromatic carbocycles. The maximum atomic E-state index is 11.8. The first-order valence-corrected chi connectivity index (χ1v) is 8.16. The molecule has 0 saturated carbocycles. The molecule has 108 valence electrons. The lowest BCUT2D eigenvalue weighted by molar-refractivity contribution is 0.560. The Kier molecular flexibility index (Phi) is 6.41. The number of aryl methyl sites for hydroxylation is 1. The normalized spacial score (nSPS) is 12.0. The van der Waals surface area contributed by atoms with Crippen molar-refractivity contribution >= 4 is 10.0 Å². The van der Waals surface area contributed by atoms with E-state index in [1.807, 2.05) is 26.8 Å². The van der Waals surface area contributed by atoms with E-state index in [1.54, 1.807) is 12.4 Å². The van der Waals surface area contributed by atoms with Crippen LogP contribution in [-0.2, 0) is 16.6 Å². The molecular formula is C13H23N3O2S. The predicted molar refractivity (Wildman–Crippen MR) is 77.4 cm³/mol. The SMILES string of the molecule is Cc1cnccc1CNS(=O)(=O)CCCNC(C)C. The Labute approximate surface area is 115 Å². The molecular weight excluding hydrogens is 262 g/mol. The van der Waals surface area contributed by atoms with E-state index in [1.165, 1.54) is 0 Å². The number of hydrogen-bond acceptors (Lipinski definition) is 4. The van der Waals surface area contributed by atoms with Crippen LogP contribution in [0.2, 0.25) is 0 Å². The van der Waals surface area contributed by atoms with Crippen molar-refractivity contribution in [1.82, 2.24) is 15.0 Å². The second-order valence-electron chi connectivity index (χ2n) is 4.90. The minimum absolute atomic E-state index is 0.150. The maximum Gasteiger partial charge on any atom is 0.211 e. The fourth-order valence-corrected chi connectivity index (χ4v) is 2.66. The van der Waals surface area contributed by atoms with Crippen molar-refractivity contribution in [3.8, 4) is 0 Å². The first-order valence-electron chi connectivity index (χ1n) is 6.51. The van der Waals surface area contributed by atoms with Crippen LogP contribution in [0.1, 0.15) is 31.4 Å². The van der Waals surface area contributed by atoms with Gasteiger partial charge in [0.2, 0.25) is 10.0 Å². The van der Waals surface area contributed by atoms with E-state index in [4.69, 9.17) is 0 Å². The highest BCUT2D eigenvalue weighted by Gasteiger charge is 2.10. The third-order valence-corrected chi connectivity index (χ3v) is 4.17.